The monoisotopic (exact) mass is 483 g/mol. The van der Waals surface area contributed by atoms with Gasteiger partial charge in [0.2, 0.25) is 10.0 Å². The van der Waals surface area contributed by atoms with Crippen LogP contribution < -0.4 is 19.2 Å². The highest BCUT2D eigenvalue weighted by atomic mass is 35.5. The Balaban J connectivity index is 2.12. The summed E-state index contributed by atoms with van der Waals surface area (Å²) >= 11 is 5.98. The lowest BCUT2D eigenvalue weighted by molar-refractivity contribution is -0.119. The number of sulfonamides is 1. The molecule has 0 fully saturated rings. The number of hydrazone groups is 1. The number of anilines is 1. The molecule has 32 heavy (non-hydrogen) atoms. The van der Waals surface area contributed by atoms with Gasteiger partial charge in [0.05, 0.1) is 32.4 Å². The van der Waals surface area contributed by atoms with Crippen molar-refractivity contribution in [2.24, 2.45) is 5.10 Å². The summed E-state index contributed by atoms with van der Waals surface area (Å²) < 4.78 is 39.9. The Morgan fingerprint density at radius 2 is 1.88 bits per heavy atom. The van der Waals surface area contributed by atoms with Gasteiger partial charge in [-0.2, -0.15) is 5.10 Å². The smallest absolute Gasteiger partial charge is 0.493 e. The molecule has 1 N–H and O–H groups in total. The first-order chi connectivity index (χ1) is 15.0. The number of rotatable bonds is 8. The molecule has 0 aromatic heterocycles. The molecule has 10 nitrogen and oxygen atoms in total. The van der Waals surface area contributed by atoms with E-state index in [4.69, 9.17) is 21.1 Å². The van der Waals surface area contributed by atoms with Crippen LogP contribution in [0.15, 0.2) is 41.5 Å². The van der Waals surface area contributed by atoms with E-state index in [0.29, 0.717) is 21.8 Å². The SMILES string of the molecule is COC(=O)Oc1ccc(/C=N\NC(=O)CN(c2cc(Cl)ccc2C)S(C)(=O)=O)cc1OC. The highest BCUT2D eigenvalue weighted by molar-refractivity contribution is 7.92. The van der Waals surface area contributed by atoms with Gasteiger partial charge in [0, 0.05) is 5.02 Å². The summed E-state index contributed by atoms with van der Waals surface area (Å²) in [6.07, 6.45) is 1.41. The Hall–Kier alpha value is -3.31. The lowest BCUT2D eigenvalue weighted by Crippen LogP contribution is -2.39. The van der Waals surface area contributed by atoms with Crippen LogP contribution in [0.2, 0.25) is 5.02 Å². The third-order valence-corrected chi connectivity index (χ3v) is 5.44. The van der Waals surface area contributed by atoms with Crippen molar-refractivity contribution < 1.29 is 32.2 Å². The van der Waals surface area contributed by atoms with E-state index in [1.165, 1.54) is 38.6 Å². The molecular formula is C20H22ClN3O7S. The van der Waals surface area contributed by atoms with Gasteiger partial charge < -0.3 is 14.2 Å². The summed E-state index contributed by atoms with van der Waals surface area (Å²) in [5.74, 6) is -0.282. The van der Waals surface area contributed by atoms with Gasteiger partial charge >= 0.3 is 6.16 Å². The minimum Gasteiger partial charge on any atom is -0.493 e. The van der Waals surface area contributed by atoms with Gasteiger partial charge in [-0.3, -0.25) is 9.10 Å². The van der Waals surface area contributed by atoms with E-state index in [1.54, 1.807) is 25.1 Å². The van der Waals surface area contributed by atoms with E-state index in [1.807, 2.05) is 0 Å². The van der Waals surface area contributed by atoms with Crippen LogP contribution in [0.3, 0.4) is 0 Å². The largest absolute Gasteiger partial charge is 0.513 e. The van der Waals surface area contributed by atoms with E-state index in [2.05, 4.69) is 15.3 Å². The second kappa shape index (κ2) is 10.8. The lowest BCUT2D eigenvalue weighted by Gasteiger charge is -2.23. The number of hydrogen-bond acceptors (Lipinski definition) is 8. The van der Waals surface area contributed by atoms with E-state index in [0.717, 1.165) is 10.6 Å². The number of carbonyl (C=O) groups excluding carboxylic acids is 2. The van der Waals surface area contributed by atoms with Crippen molar-refractivity contribution in [1.29, 1.82) is 0 Å². The molecule has 0 saturated carbocycles. The number of nitrogens with zero attached hydrogens (tertiary/aromatic N) is 2. The van der Waals surface area contributed by atoms with Crippen LogP contribution in [0.4, 0.5) is 10.5 Å². The Kier molecular flexibility index (Phi) is 8.44. The number of ether oxygens (including phenoxy) is 3. The second-order valence-corrected chi connectivity index (χ2v) is 8.80. The van der Waals surface area contributed by atoms with Crippen molar-refractivity contribution in [3.8, 4) is 11.5 Å². The zero-order valence-electron chi connectivity index (χ0n) is 17.8. The fraction of sp³-hybridized carbons (Fsp3) is 0.250. The van der Waals surface area contributed by atoms with Gasteiger partial charge in [-0.25, -0.2) is 18.6 Å². The average Bonchev–Trinajstić information content (AvgIpc) is 2.73. The fourth-order valence-corrected chi connectivity index (χ4v) is 3.63. The number of carbonyl (C=O) groups is 2. The summed E-state index contributed by atoms with van der Waals surface area (Å²) in [5.41, 5.74) is 3.73. The highest BCUT2D eigenvalue weighted by Crippen LogP contribution is 2.28. The molecule has 0 unspecified atom stereocenters. The number of amides is 1. The average molecular weight is 484 g/mol. The maximum atomic E-state index is 12.3. The molecule has 2 aromatic rings. The quantitative estimate of drug-likeness (QED) is 0.265. The van der Waals surface area contributed by atoms with E-state index < -0.39 is 28.6 Å². The number of halogens is 1. The fourth-order valence-electron chi connectivity index (χ4n) is 2.56. The van der Waals surface area contributed by atoms with Gasteiger partial charge in [-0.05, 0) is 48.4 Å². The topological polar surface area (TPSA) is 124 Å². The number of nitrogens with one attached hydrogen (secondary N) is 1. The van der Waals surface area contributed by atoms with Crippen LogP contribution in [0.5, 0.6) is 11.5 Å². The molecule has 0 aliphatic rings. The zero-order chi connectivity index (χ0) is 23.9. The molecule has 0 atom stereocenters. The lowest BCUT2D eigenvalue weighted by atomic mass is 10.2. The van der Waals surface area contributed by atoms with Crippen LogP contribution in [0.1, 0.15) is 11.1 Å². The van der Waals surface area contributed by atoms with Crippen LogP contribution >= 0.6 is 11.6 Å². The van der Waals surface area contributed by atoms with Crippen molar-refractivity contribution in [3.63, 3.8) is 0 Å². The van der Waals surface area contributed by atoms with Gasteiger partial charge in [0.1, 0.15) is 6.54 Å². The summed E-state index contributed by atoms with van der Waals surface area (Å²) in [4.78, 5) is 23.6. The molecule has 2 aromatic carbocycles. The minimum atomic E-state index is -3.76. The van der Waals surface area contributed by atoms with Crippen LogP contribution in [-0.4, -0.2) is 53.7 Å². The first kappa shape index (κ1) is 25.0. The first-order valence-corrected chi connectivity index (χ1v) is 11.3. The molecule has 0 saturated heterocycles. The molecular weight excluding hydrogens is 462 g/mol. The zero-order valence-corrected chi connectivity index (χ0v) is 19.4. The molecule has 2 rings (SSSR count). The Bertz CT molecular complexity index is 1140. The first-order valence-electron chi connectivity index (χ1n) is 9.04. The van der Waals surface area contributed by atoms with E-state index >= 15 is 0 Å². The predicted octanol–water partition coefficient (Wildman–Crippen LogP) is 2.72. The Labute approximate surface area is 190 Å². The molecule has 0 spiro atoms. The highest BCUT2D eigenvalue weighted by Gasteiger charge is 2.22. The molecule has 0 heterocycles. The summed E-state index contributed by atoms with van der Waals surface area (Å²) in [6.45, 7) is 1.22. The summed E-state index contributed by atoms with van der Waals surface area (Å²) in [7, 11) is -1.20. The predicted molar refractivity (Wildman–Crippen MR) is 120 cm³/mol. The van der Waals surface area contributed by atoms with Crippen LogP contribution in [-0.2, 0) is 19.6 Å². The van der Waals surface area contributed by atoms with Crippen molar-refractivity contribution >= 4 is 45.6 Å². The van der Waals surface area contributed by atoms with Crippen LogP contribution in [0, 0.1) is 6.92 Å². The standard InChI is InChI=1S/C20H22ClN3O7S/c1-13-5-7-15(21)10-16(13)24(32(4,27)28)12-19(25)23-22-11-14-6-8-17(18(9-14)29-2)31-20(26)30-3/h5-11H,12H2,1-4H3,(H,23,25)/b22-11-. The minimum absolute atomic E-state index is 0.140. The molecule has 0 bridgehead atoms. The maximum absolute atomic E-state index is 12.3. The third-order valence-electron chi connectivity index (χ3n) is 4.08. The molecule has 0 aliphatic heterocycles. The molecule has 172 valence electrons. The Morgan fingerprint density at radius 3 is 2.50 bits per heavy atom. The molecule has 0 radical (unpaired) electrons. The summed E-state index contributed by atoms with van der Waals surface area (Å²) in [6, 6.07) is 9.31. The third kappa shape index (κ3) is 6.86. The summed E-state index contributed by atoms with van der Waals surface area (Å²) in [5, 5.41) is 4.17. The van der Waals surface area contributed by atoms with E-state index in [9.17, 15) is 18.0 Å². The molecule has 1 amide bonds. The van der Waals surface area contributed by atoms with Gasteiger partial charge in [0.15, 0.2) is 11.5 Å². The normalized spacial score (nSPS) is 11.2. The van der Waals surface area contributed by atoms with Crippen molar-refractivity contribution in [3.05, 3.63) is 52.5 Å². The Morgan fingerprint density at radius 1 is 1.16 bits per heavy atom. The number of aryl methyl sites for hydroxylation is 1. The van der Waals surface area contributed by atoms with Gasteiger partial charge in [-0.1, -0.05) is 17.7 Å². The maximum Gasteiger partial charge on any atom is 0.513 e. The molecule has 12 heteroatoms. The number of benzene rings is 2. The van der Waals surface area contributed by atoms with Gasteiger partial charge in [0.25, 0.3) is 5.91 Å². The van der Waals surface area contributed by atoms with Crippen molar-refractivity contribution in [2.45, 2.75) is 6.92 Å². The van der Waals surface area contributed by atoms with Crippen molar-refractivity contribution in [2.75, 3.05) is 31.3 Å². The van der Waals surface area contributed by atoms with Crippen molar-refractivity contribution in [1.82, 2.24) is 5.43 Å². The second-order valence-electron chi connectivity index (χ2n) is 6.46. The van der Waals surface area contributed by atoms with Gasteiger partial charge in [-0.15, -0.1) is 0 Å². The number of hydrogen-bond donors (Lipinski definition) is 1. The van der Waals surface area contributed by atoms with E-state index in [-0.39, 0.29) is 11.5 Å². The molecule has 0 aliphatic carbocycles. The number of methoxy groups -OCH3 is 2. The van der Waals surface area contributed by atoms with Crippen LogP contribution in [0.25, 0.3) is 0 Å².